The van der Waals surface area contributed by atoms with Crippen molar-refractivity contribution < 1.29 is 13.3 Å². The van der Waals surface area contributed by atoms with Gasteiger partial charge >= 0.3 is 0 Å². The van der Waals surface area contributed by atoms with Crippen molar-refractivity contribution in [3.8, 4) is 5.69 Å². The van der Waals surface area contributed by atoms with Gasteiger partial charge in [-0.2, -0.15) is 0 Å². The average molecular weight is 797 g/mol. The van der Waals surface area contributed by atoms with E-state index in [0.29, 0.717) is 11.7 Å². The molecule has 14 rings (SSSR count). The van der Waals surface area contributed by atoms with Crippen LogP contribution in [0.4, 0.5) is 0 Å². The summed E-state index contributed by atoms with van der Waals surface area (Å²) in [5.74, 6) is 1.30. The molecule has 1 aliphatic heterocycles. The lowest BCUT2D eigenvalue weighted by Crippen LogP contribution is -2.33. The molecule has 0 spiro atoms. The lowest BCUT2D eigenvalue weighted by atomic mass is 10.0. The zero-order chi connectivity index (χ0) is 40.5. The third-order valence-electron chi connectivity index (χ3n) is 12.6. The first-order chi connectivity index (χ1) is 30.7. The van der Waals surface area contributed by atoms with Crippen LogP contribution < -0.4 is 5.32 Å². The van der Waals surface area contributed by atoms with Gasteiger partial charge in [0.15, 0.2) is 5.84 Å². The van der Waals surface area contributed by atoms with Crippen LogP contribution in [0, 0.1) is 0 Å². The van der Waals surface area contributed by atoms with Crippen LogP contribution in [-0.4, -0.2) is 16.2 Å². The van der Waals surface area contributed by atoms with Gasteiger partial charge in [-0.05, 0) is 95.2 Å². The van der Waals surface area contributed by atoms with Gasteiger partial charge in [0.25, 0.3) is 0 Å². The lowest BCUT2D eigenvalue weighted by molar-refractivity contribution is 0.662. The van der Waals surface area contributed by atoms with Crippen molar-refractivity contribution in [3.63, 3.8) is 0 Å². The fraction of sp³-hybridized carbons (Fsp3) is 0.0182. The van der Waals surface area contributed by atoms with Crippen molar-refractivity contribution in [2.24, 2.45) is 9.98 Å². The molecule has 62 heavy (non-hydrogen) atoms. The molecule has 0 fully saturated rings. The van der Waals surface area contributed by atoms with Crippen LogP contribution >= 0.6 is 0 Å². The lowest BCUT2D eigenvalue weighted by Gasteiger charge is -2.24. The molecule has 7 heteroatoms. The fourth-order valence-corrected chi connectivity index (χ4v) is 9.74. The summed E-state index contributed by atoms with van der Waals surface area (Å²) in [6.45, 7) is 0. The Hall–Kier alpha value is -8.42. The molecule has 7 nitrogen and oxygen atoms in total. The van der Waals surface area contributed by atoms with Gasteiger partial charge in [-0.15, -0.1) is 0 Å². The molecule has 4 aromatic heterocycles. The standard InChI is InChI=1S/C55H32N4O3/c1-2-12-32-28-44-40(25-31(32)11-1)36-13-3-7-17-43(36)59(44)45-29-35(30-51-52(45)39-16-6-10-20-48(39)62-51)55-57-53(33-21-23-49-41(26-33)37-14-4-8-18-46(37)60-49)56-54(58-55)34-22-24-50-42(27-34)38-15-5-9-19-47(38)61-50/h1-30,53H,(H,56,57,58). The number of aromatic nitrogens is 1. The number of fused-ring (bicyclic) bond motifs is 13. The van der Waals surface area contributed by atoms with Gasteiger partial charge in [-0.25, -0.2) is 9.98 Å². The van der Waals surface area contributed by atoms with Gasteiger partial charge in [-0.1, -0.05) is 103 Å². The summed E-state index contributed by atoms with van der Waals surface area (Å²) in [5, 5.41) is 14.8. The second kappa shape index (κ2) is 12.5. The Bertz CT molecular complexity index is 4100. The third kappa shape index (κ3) is 4.87. The highest BCUT2D eigenvalue weighted by Crippen LogP contribution is 2.41. The van der Waals surface area contributed by atoms with Crippen molar-refractivity contribution >= 4 is 110 Å². The first kappa shape index (κ1) is 33.4. The molecular weight excluding hydrogens is 765 g/mol. The van der Waals surface area contributed by atoms with E-state index in [1.807, 2.05) is 60.7 Å². The summed E-state index contributed by atoms with van der Waals surface area (Å²) < 4.78 is 21.6. The quantitative estimate of drug-likeness (QED) is 0.192. The molecule has 0 saturated carbocycles. The number of hydrogen-bond acceptors (Lipinski definition) is 6. The van der Waals surface area contributed by atoms with E-state index >= 15 is 0 Å². The Morgan fingerprint density at radius 1 is 0.419 bits per heavy atom. The Labute approximate surface area is 352 Å². The molecule has 1 unspecified atom stereocenters. The molecule has 290 valence electrons. The summed E-state index contributed by atoms with van der Waals surface area (Å²) in [4.78, 5) is 10.7. The van der Waals surface area contributed by atoms with E-state index in [1.54, 1.807) is 0 Å². The summed E-state index contributed by atoms with van der Waals surface area (Å²) in [5.41, 5.74) is 10.9. The normalized spacial score (nSPS) is 14.6. The van der Waals surface area contributed by atoms with Crippen molar-refractivity contribution in [1.29, 1.82) is 0 Å². The van der Waals surface area contributed by atoms with Crippen LogP contribution in [0.15, 0.2) is 205 Å². The molecule has 0 aliphatic carbocycles. The SMILES string of the molecule is c1ccc2cc3c(cc2c1)c1ccccc1n3-c1cc(C2=NC(c3ccc4oc5ccccc5c4c3)=NC(c3ccc4oc5ccccc5c4c3)N2)cc2oc3ccccc3c12. The smallest absolute Gasteiger partial charge is 0.159 e. The third-order valence-corrected chi connectivity index (χ3v) is 12.6. The summed E-state index contributed by atoms with van der Waals surface area (Å²) in [6, 6.07) is 63.4. The number of hydrogen-bond donors (Lipinski definition) is 1. The largest absolute Gasteiger partial charge is 0.456 e. The van der Waals surface area contributed by atoms with E-state index in [-0.39, 0.29) is 0 Å². The zero-order valence-corrected chi connectivity index (χ0v) is 33.0. The molecule has 0 radical (unpaired) electrons. The highest BCUT2D eigenvalue weighted by Gasteiger charge is 2.26. The number of aliphatic imine (C=N–C) groups is 2. The summed E-state index contributed by atoms with van der Waals surface area (Å²) >= 11 is 0. The number of nitrogens with one attached hydrogen (secondary N) is 1. The van der Waals surface area contributed by atoms with Crippen LogP contribution in [0.5, 0.6) is 0 Å². The van der Waals surface area contributed by atoms with E-state index in [2.05, 4.69) is 131 Å². The summed E-state index contributed by atoms with van der Waals surface area (Å²) in [7, 11) is 0. The highest BCUT2D eigenvalue weighted by atomic mass is 16.3. The molecule has 13 aromatic rings. The molecule has 1 aliphatic rings. The van der Waals surface area contributed by atoms with Crippen LogP contribution in [0.2, 0.25) is 0 Å². The minimum absolute atomic E-state index is 0.471. The van der Waals surface area contributed by atoms with Gasteiger partial charge in [0.2, 0.25) is 0 Å². The molecule has 1 N–H and O–H groups in total. The van der Waals surface area contributed by atoms with Gasteiger partial charge in [0.05, 0.1) is 22.1 Å². The minimum Gasteiger partial charge on any atom is -0.456 e. The number of benzene rings is 9. The molecule has 5 heterocycles. The second-order valence-electron chi connectivity index (χ2n) is 16.2. The molecule has 0 saturated heterocycles. The van der Waals surface area contributed by atoms with Crippen molar-refractivity contribution in [3.05, 3.63) is 199 Å². The number of nitrogens with zero attached hydrogens (tertiary/aromatic N) is 3. The van der Waals surface area contributed by atoms with Gasteiger partial charge in [0, 0.05) is 48.8 Å². The Morgan fingerprint density at radius 3 is 1.79 bits per heavy atom. The van der Waals surface area contributed by atoms with Gasteiger partial charge < -0.3 is 23.1 Å². The topological polar surface area (TPSA) is 81.1 Å². The summed E-state index contributed by atoms with van der Waals surface area (Å²) in [6.07, 6.45) is -0.471. The Morgan fingerprint density at radius 2 is 1.02 bits per heavy atom. The van der Waals surface area contributed by atoms with E-state index in [9.17, 15) is 0 Å². The van der Waals surface area contributed by atoms with Crippen molar-refractivity contribution in [2.45, 2.75) is 6.17 Å². The van der Waals surface area contributed by atoms with Crippen LogP contribution in [0.25, 0.3) is 104 Å². The van der Waals surface area contributed by atoms with E-state index < -0.39 is 6.17 Å². The molecule has 9 aromatic carbocycles. The Balaban J connectivity index is 1.02. The van der Waals surface area contributed by atoms with Gasteiger partial charge in [0.1, 0.15) is 45.5 Å². The number of furan rings is 3. The van der Waals surface area contributed by atoms with E-state index in [1.165, 1.54) is 21.5 Å². The molecule has 0 bridgehead atoms. The van der Waals surface area contributed by atoms with Gasteiger partial charge in [-0.3, -0.25) is 0 Å². The predicted molar refractivity (Wildman–Crippen MR) is 252 cm³/mol. The maximum atomic E-state index is 6.75. The number of rotatable bonds is 4. The van der Waals surface area contributed by atoms with Crippen molar-refractivity contribution in [1.82, 2.24) is 9.88 Å². The monoisotopic (exact) mass is 796 g/mol. The number of amidine groups is 2. The minimum atomic E-state index is -0.471. The molecule has 1 atom stereocenters. The van der Waals surface area contributed by atoms with Crippen LogP contribution in [-0.2, 0) is 0 Å². The Kier molecular flexibility index (Phi) is 6.76. The molecular formula is C55H32N4O3. The highest BCUT2D eigenvalue weighted by molar-refractivity contribution is 6.20. The van der Waals surface area contributed by atoms with E-state index in [4.69, 9.17) is 23.2 Å². The fourth-order valence-electron chi connectivity index (χ4n) is 9.74. The maximum Gasteiger partial charge on any atom is 0.159 e. The first-order valence-corrected chi connectivity index (χ1v) is 20.8. The van der Waals surface area contributed by atoms with Crippen molar-refractivity contribution in [2.75, 3.05) is 0 Å². The zero-order valence-electron chi connectivity index (χ0n) is 33.0. The average Bonchev–Trinajstić information content (AvgIpc) is 4.09. The first-order valence-electron chi connectivity index (χ1n) is 20.8. The van der Waals surface area contributed by atoms with Crippen LogP contribution in [0.3, 0.4) is 0 Å². The second-order valence-corrected chi connectivity index (χ2v) is 16.2. The predicted octanol–water partition coefficient (Wildman–Crippen LogP) is 14.1. The maximum absolute atomic E-state index is 6.75. The number of para-hydroxylation sites is 4. The van der Waals surface area contributed by atoms with Crippen LogP contribution in [0.1, 0.15) is 22.9 Å². The van der Waals surface area contributed by atoms with E-state index in [0.717, 1.165) is 99.2 Å². The molecule has 0 amide bonds.